The van der Waals surface area contributed by atoms with Gasteiger partial charge in [0.1, 0.15) is 5.01 Å². The molecule has 1 amide bonds. The van der Waals surface area contributed by atoms with Crippen LogP contribution >= 0.6 is 38.6 Å². The van der Waals surface area contributed by atoms with Gasteiger partial charge in [-0.25, -0.2) is 4.98 Å². The lowest BCUT2D eigenvalue weighted by atomic mass is 10.2. The number of hydrogen-bond acceptors (Lipinski definition) is 4. The minimum Gasteiger partial charge on any atom is -0.326 e. The van der Waals surface area contributed by atoms with Crippen LogP contribution < -0.4 is 5.32 Å². The molecule has 0 saturated carbocycles. The van der Waals surface area contributed by atoms with Gasteiger partial charge < -0.3 is 5.32 Å². The van der Waals surface area contributed by atoms with Crippen molar-refractivity contribution < 1.29 is 4.79 Å². The number of nitrogens with zero attached hydrogens (tertiary/aromatic N) is 1. The number of aromatic nitrogens is 1. The lowest BCUT2D eigenvalue weighted by molar-refractivity contribution is -0.115. The van der Waals surface area contributed by atoms with Gasteiger partial charge in [-0.15, -0.1) is 22.7 Å². The summed E-state index contributed by atoms with van der Waals surface area (Å²) >= 11 is 6.66. The van der Waals surface area contributed by atoms with Gasteiger partial charge in [-0.2, -0.15) is 0 Å². The Morgan fingerprint density at radius 3 is 2.91 bits per heavy atom. The number of anilines is 1. The number of benzene rings is 1. The lowest BCUT2D eigenvalue weighted by Crippen LogP contribution is -2.14. The van der Waals surface area contributed by atoms with E-state index in [2.05, 4.69) is 26.2 Å². The highest BCUT2D eigenvalue weighted by Crippen LogP contribution is 2.34. The molecule has 3 aromatic rings. The Bertz CT molecular complexity index is 810. The molecule has 112 valence electrons. The largest absolute Gasteiger partial charge is 0.326 e. The van der Waals surface area contributed by atoms with Crippen molar-refractivity contribution >= 4 is 50.2 Å². The number of halogens is 1. The first kappa shape index (κ1) is 15.4. The number of thiophene rings is 1. The van der Waals surface area contributed by atoms with E-state index in [9.17, 15) is 4.79 Å². The number of rotatable bonds is 4. The average molecular weight is 393 g/mol. The summed E-state index contributed by atoms with van der Waals surface area (Å²) in [5.41, 5.74) is 2.87. The van der Waals surface area contributed by atoms with Crippen LogP contribution in [-0.2, 0) is 11.2 Å². The summed E-state index contributed by atoms with van der Waals surface area (Å²) in [5.74, 6) is -0.0447. The summed E-state index contributed by atoms with van der Waals surface area (Å²) in [4.78, 5) is 17.8. The molecule has 0 aliphatic rings. The third-order valence-corrected chi connectivity index (χ3v) is 5.72. The first-order chi connectivity index (χ1) is 10.6. The van der Waals surface area contributed by atoms with E-state index in [-0.39, 0.29) is 5.91 Å². The van der Waals surface area contributed by atoms with E-state index >= 15 is 0 Å². The van der Waals surface area contributed by atoms with Gasteiger partial charge in [0.25, 0.3) is 0 Å². The minimum absolute atomic E-state index is 0.0447. The molecule has 1 aromatic carbocycles. The summed E-state index contributed by atoms with van der Waals surface area (Å²) in [6, 6.07) is 9.78. The van der Waals surface area contributed by atoms with E-state index in [0.717, 1.165) is 31.3 Å². The van der Waals surface area contributed by atoms with Gasteiger partial charge in [-0.3, -0.25) is 4.79 Å². The Balaban J connectivity index is 1.67. The molecule has 1 N–H and O–H groups in total. The van der Waals surface area contributed by atoms with E-state index in [1.165, 1.54) is 11.3 Å². The maximum absolute atomic E-state index is 12.1. The summed E-state index contributed by atoms with van der Waals surface area (Å²) in [6.45, 7) is 2.00. The van der Waals surface area contributed by atoms with Gasteiger partial charge in [-0.1, -0.05) is 12.1 Å². The Labute approximate surface area is 145 Å². The number of carbonyl (C=O) groups excluding carboxylic acids is 1. The molecule has 0 spiro atoms. The fourth-order valence-electron chi connectivity index (χ4n) is 2.04. The van der Waals surface area contributed by atoms with E-state index in [1.807, 2.05) is 48.0 Å². The highest BCUT2D eigenvalue weighted by Gasteiger charge is 2.12. The fourth-order valence-corrected chi connectivity index (χ4v) is 4.43. The molecule has 22 heavy (non-hydrogen) atoms. The summed E-state index contributed by atoms with van der Waals surface area (Å²) in [6.07, 6.45) is 0.293. The van der Waals surface area contributed by atoms with Crippen molar-refractivity contribution in [2.24, 2.45) is 0 Å². The van der Waals surface area contributed by atoms with Gasteiger partial charge >= 0.3 is 0 Å². The van der Waals surface area contributed by atoms with Crippen LogP contribution in [0.5, 0.6) is 0 Å². The number of hydrogen-bond donors (Lipinski definition) is 1. The predicted octanol–water partition coefficient (Wildman–Crippen LogP) is 5.12. The van der Waals surface area contributed by atoms with Crippen LogP contribution in [0.3, 0.4) is 0 Å². The molecular formula is C16H13BrN2OS2. The van der Waals surface area contributed by atoms with E-state index < -0.39 is 0 Å². The normalized spacial score (nSPS) is 10.6. The van der Waals surface area contributed by atoms with Crippen LogP contribution in [0.2, 0.25) is 0 Å². The second-order valence-electron chi connectivity index (χ2n) is 4.82. The molecule has 0 radical (unpaired) electrons. The van der Waals surface area contributed by atoms with Gasteiger partial charge in [0.05, 0.1) is 17.0 Å². The highest BCUT2D eigenvalue weighted by molar-refractivity contribution is 9.10. The van der Waals surface area contributed by atoms with Gasteiger partial charge in [0.15, 0.2) is 0 Å². The lowest BCUT2D eigenvalue weighted by Gasteiger charge is -2.04. The van der Waals surface area contributed by atoms with Crippen LogP contribution in [0.4, 0.5) is 5.69 Å². The maximum Gasteiger partial charge on any atom is 0.231 e. The Morgan fingerprint density at radius 2 is 2.18 bits per heavy atom. The molecule has 3 rings (SSSR count). The topological polar surface area (TPSA) is 42.0 Å². The zero-order valence-corrected chi connectivity index (χ0v) is 15.0. The molecule has 0 aliphatic heterocycles. The average Bonchev–Trinajstić information content (AvgIpc) is 3.07. The number of carbonyl (C=O) groups is 1. The van der Waals surface area contributed by atoms with E-state index in [0.29, 0.717) is 6.42 Å². The van der Waals surface area contributed by atoms with E-state index in [1.54, 1.807) is 11.3 Å². The molecule has 0 aliphatic carbocycles. The molecule has 0 atom stereocenters. The van der Waals surface area contributed by atoms with Crippen molar-refractivity contribution in [3.63, 3.8) is 0 Å². The standard InChI is InChI=1S/C16H13BrN2OS2/c1-10-3-2-4-11(7-10)18-14(20)8-15-19-13(9-22-15)16-12(17)5-6-21-16/h2-7,9H,8H2,1H3,(H,18,20). The smallest absolute Gasteiger partial charge is 0.231 e. The first-order valence-electron chi connectivity index (χ1n) is 6.66. The van der Waals surface area contributed by atoms with Crippen molar-refractivity contribution in [3.05, 3.63) is 56.1 Å². The van der Waals surface area contributed by atoms with Crippen molar-refractivity contribution in [2.45, 2.75) is 13.3 Å². The Kier molecular flexibility index (Phi) is 4.71. The SMILES string of the molecule is Cc1cccc(NC(=O)Cc2nc(-c3sccc3Br)cs2)c1. The zero-order valence-electron chi connectivity index (χ0n) is 11.8. The van der Waals surface area contributed by atoms with Crippen molar-refractivity contribution in [2.75, 3.05) is 5.32 Å². The number of amides is 1. The molecule has 0 bridgehead atoms. The summed E-state index contributed by atoms with van der Waals surface area (Å²) in [5, 5.41) is 7.74. The number of thiazole rings is 1. The highest BCUT2D eigenvalue weighted by atomic mass is 79.9. The van der Waals surface area contributed by atoms with Gasteiger partial charge in [0.2, 0.25) is 5.91 Å². The van der Waals surface area contributed by atoms with Crippen LogP contribution in [-0.4, -0.2) is 10.9 Å². The molecule has 6 heteroatoms. The molecular weight excluding hydrogens is 380 g/mol. The molecule has 0 fully saturated rings. The van der Waals surface area contributed by atoms with Crippen LogP contribution in [0.15, 0.2) is 45.6 Å². The van der Waals surface area contributed by atoms with Crippen LogP contribution in [0.1, 0.15) is 10.6 Å². The molecule has 0 unspecified atom stereocenters. The zero-order chi connectivity index (χ0) is 15.5. The molecule has 2 aromatic heterocycles. The second kappa shape index (κ2) is 6.73. The maximum atomic E-state index is 12.1. The monoisotopic (exact) mass is 392 g/mol. The number of nitrogens with one attached hydrogen (secondary N) is 1. The molecule has 3 nitrogen and oxygen atoms in total. The van der Waals surface area contributed by atoms with Gasteiger partial charge in [0, 0.05) is 15.5 Å². The van der Waals surface area contributed by atoms with Crippen molar-refractivity contribution in [3.8, 4) is 10.6 Å². The number of aryl methyl sites for hydroxylation is 1. The third-order valence-electron chi connectivity index (χ3n) is 3.02. The third kappa shape index (κ3) is 3.63. The van der Waals surface area contributed by atoms with Crippen molar-refractivity contribution in [1.29, 1.82) is 0 Å². The van der Waals surface area contributed by atoms with Crippen molar-refractivity contribution in [1.82, 2.24) is 4.98 Å². The molecule has 2 heterocycles. The summed E-state index contributed by atoms with van der Waals surface area (Å²) < 4.78 is 1.04. The fraction of sp³-hybridized carbons (Fsp3) is 0.125. The predicted molar refractivity (Wildman–Crippen MR) is 96.6 cm³/mol. The molecule has 0 saturated heterocycles. The first-order valence-corrected chi connectivity index (χ1v) is 9.21. The summed E-state index contributed by atoms with van der Waals surface area (Å²) in [7, 11) is 0. The Hall–Kier alpha value is -1.50. The minimum atomic E-state index is -0.0447. The second-order valence-corrected chi connectivity index (χ2v) is 7.53. The van der Waals surface area contributed by atoms with Gasteiger partial charge in [-0.05, 0) is 52.0 Å². The Morgan fingerprint density at radius 1 is 1.32 bits per heavy atom. The van der Waals surface area contributed by atoms with E-state index in [4.69, 9.17) is 0 Å². The van der Waals surface area contributed by atoms with Crippen LogP contribution in [0, 0.1) is 6.92 Å². The quantitative estimate of drug-likeness (QED) is 0.668. The van der Waals surface area contributed by atoms with Crippen LogP contribution in [0.25, 0.3) is 10.6 Å².